The normalized spacial score (nSPS) is 11.9. The minimum absolute atomic E-state index is 0.0790. The lowest BCUT2D eigenvalue weighted by Gasteiger charge is -2.09. The van der Waals surface area contributed by atoms with Crippen LogP contribution < -0.4 is 10.6 Å². The van der Waals surface area contributed by atoms with E-state index in [1.807, 2.05) is 0 Å². The highest BCUT2D eigenvalue weighted by Gasteiger charge is 2.16. The van der Waals surface area contributed by atoms with E-state index in [0.29, 0.717) is 24.7 Å². The molecule has 0 aliphatic rings. The molecule has 8 heteroatoms. The Balaban J connectivity index is 2.44. The number of rotatable bonds is 7. The molecule has 2 N–H and O–H groups in total. The van der Waals surface area contributed by atoms with Gasteiger partial charge in [-0.25, -0.2) is 0 Å². The van der Waals surface area contributed by atoms with Crippen LogP contribution in [-0.2, 0) is 20.7 Å². The summed E-state index contributed by atoms with van der Waals surface area (Å²) in [6.45, 7) is 3.49. The zero-order valence-electron chi connectivity index (χ0n) is 11.2. The Bertz CT molecular complexity index is 432. The van der Waals surface area contributed by atoms with E-state index >= 15 is 0 Å². The lowest BCUT2D eigenvalue weighted by Crippen LogP contribution is -2.37. The summed E-state index contributed by atoms with van der Waals surface area (Å²) in [5, 5.41) is 8.81. The molecule has 2 amide bonds. The van der Waals surface area contributed by atoms with Crippen LogP contribution in [0.15, 0.2) is 4.52 Å². The predicted molar refractivity (Wildman–Crippen MR) is 65.1 cm³/mol. The molecule has 1 rings (SSSR count). The summed E-state index contributed by atoms with van der Waals surface area (Å²) in [5.41, 5.74) is 0. The van der Waals surface area contributed by atoms with Gasteiger partial charge in [-0.05, 0) is 6.92 Å². The van der Waals surface area contributed by atoms with Crippen molar-refractivity contribution in [1.29, 1.82) is 0 Å². The molecule has 8 nitrogen and oxygen atoms in total. The summed E-state index contributed by atoms with van der Waals surface area (Å²) < 4.78 is 9.93. The monoisotopic (exact) mass is 270 g/mol. The molecular weight excluding hydrogens is 252 g/mol. The SMILES string of the molecule is COCCc1noc([C@H](C)NC(=O)CNC(C)=O)n1. The summed E-state index contributed by atoms with van der Waals surface area (Å²) in [4.78, 5) is 26.3. The largest absolute Gasteiger partial charge is 0.384 e. The van der Waals surface area contributed by atoms with E-state index in [-0.39, 0.29) is 18.4 Å². The van der Waals surface area contributed by atoms with Gasteiger partial charge in [0.05, 0.1) is 13.2 Å². The maximum absolute atomic E-state index is 11.5. The zero-order chi connectivity index (χ0) is 14.3. The number of ether oxygens (including phenoxy) is 1. The van der Waals surface area contributed by atoms with Crippen LogP contribution in [0.4, 0.5) is 0 Å². The number of nitrogens with zero attached hydrogens (tertiary/aromatic N) is 2. The van der Waals surface area contributed by atoms with Gasteiger partial charge in [-0.15, -0.1) is 0 Å². The first-order valence-electron chi connectivity index (χ1n) is 5.88. The van der Waals surface area contributed by atoms with Gasteiger partial charge in [0.15, 0.2) is 5.82 Å². The number of hydrogen-bond acceptors (Lipinski definition) is 6. The van der Waals surface area contributed by atoms with Crippen LogP contribution in [0.25, 0.3) is 0 Å². The molecule has 0 saturated heterocycles. The average molecular weight is 270 g/mol. The molecule has 1 atom stereocenters. The molecule has 0 aromatic carbocycles. The number of aromatic nitrogens is 2. The lowest BCUT2D eigenvalue weighted by molar-refractivity contribution is -0.125. The van der Waals surface area contributed by atoms with Crippen molar-refractivity contribution in [3.8, 4) is 0 Å². The standard InChI is InChI=1S/C11H18N4O4/c1-7(13-10(17)6-12-8(2)16)11-14-9(15-19-11)4-5-18-3/h7H,4-6H2,1-3H3,(H,12,16)(H,13,17)/t7-/m0/s1. The third kappa shape index (κ3) is 5.47. The highest BCUT2D eigenvalue weighted by molar-refractivity contribution is 5.83. The molecule has 0 aliphatic heterocycles. The first kappa shape index (κ1) is 15.1. The second-order valence-electron chi connectivity index (χ2n) is 3.99. The molecule has 1 heterocycles. The van der Waals surface area contributed by atoms with E-state index in [1.165, 1.54) is 6.92 Å². The van der Waals surface area contributed by atoms with E-state index in [4.69, 9.17) is 9.26 Å². The molecule has 19 heavy (non-hydrogen) atoms. The quantitative estimate of drug-likeness (QED) is 0.696. The minimum Gasteiger partial charge on any atom is -0.384 e. The number of carbonyl (C=O) groups is 2. The second kappa shape index (κ2) is 7.47. The van der Waals surface area contributed by atoms with E-state index in [9.17, 15) is 9.59 Å². The Morgan fingerprint density at radius 3 is 2.84 bits per heavy atom. The smallest absolute Gasteiger partial charge is 0.248 e. The molecular formula is C11H18N4O4. The van der Waals surface area contributed by atoms with Crippen molar-refractivity contribution >= 4 is 11.8 Å². The average Bonchev–Trinajstić information content (AvgIpc) is 2.82. The molecule has 0 saturated carbocycles. The number of hydrogen-bond donors (Lipinski definition) is 2. The zero-order valence-corrected chi connectivity index (χ0v) is 11.2. The van der Waals surface area contributed by atoms with Gasteiger partial charge in [0.2, 0.25) is 17.7 Å². The molecule has 0 aliphatic carbocycles. The third-order valence-electron chi connectivity index (χ3n) is 2.26. The van der Waals surface area contributed by atoms with Crippen molar-refractivity contribution in [2.45, 2.75) is 26.3 Å². The van der Waals surface area contributed by atoms with Crippen LogP contribution in [0.1, 0.15) is 31.6 Å². The fourth-order valence-corrected chi connectivity index (χ4v) is 1.30. The number of carbonyl (C=O) groups excluding carboxylic acids is 2. The highest BCUT2D eigenvalue weighted by atomic mass is 16.5. The topological polar surface area (TPSA) is 106 Å². The molecule has 0 unspecified atom stereocenters. The maximum atomic E-state index is 11.5. The van der Waals surface area contributed by atoms with Crippen molar-refractivity contribution in [2.24, 2.45) is 0 Å². The Labute approximate surface area is 110 Å². The molecule has 0 bridgehead atoms. The van der Waals surface area contributed by atoms with Gasteiger partial charge in [0.1, 0.15) is 6.04 Å². The molecule has 0 fully saturated rings. The Morgan fingerprint density at radius 1 is 1.47 bits per heavy atom. The fraction of sp³-hybridized carbons (Fsp3) is 0.636. The molecule has 0 radical (unpaired) electrons. The molecule has 1 aromatic heterocycles. The van der Waals surface area contributed by atoms with Crippen molar-refractivity contribution in [3.05, 3.63) is 11.7 Å². The first-order chi connectivity index (χ1) is 9.02. The van der Waals surface area contributed by atoms with Gasteiger partial charge in [-0.3, -0.25) is 9.59 Å². The summed E-state index contributed by atoms with van der Waals surface area (Å²) in [5.74, 6) is 0.267. The fourth-order valence-electron chi connectivity index (χ4n) is 1.30. The van der Waals surface area contributed by atoms with E-state index in [0.717, 1.165) is 0 Å². The van der Waals surface area contributed by atoms with Crippen LogP contribution in [0, 0.1) is 0 Å². The predicted octanol–water partition coefficient (Wildman–Crippen LogP) is -0.428. The minimum atomic E-state index is -0.412. The number of methoxy groups -OCH3 is 1. The molecule has 1 aromatic rings. The third-order valence-corrected chi connectivity index (χ3v) is 2.26. The number of amides is 2. The van der Waals surface area contributed by atoms with Gasteiger partial charge < -0.3 is 19.9 Å². The first-order valence-corrected chi connectivity index (χ1v) is 5.88. The van der Waals surface area contributed by atoms with Crippen LogP contribution in [0.2, 0.25) is 0 Å². The van der Waals surface area contributed by atoms with E-state index < -0.39 is 6.04 Å². The number of nitrogens with one attached hydrogen (secondary N) is 2. The van der Waals surface area contributed by atoms with Gasteiger partial charge in [0.25, 0.3) is 0 Å². The second-order valence-corrected chi connectivity index (χ2v) is 3.99. The highest BCUT2D eigenvalue weighted by Crippen LogP contribution is 2.09. The van der Waals surface area contributed by atoms with Gasteiger partial charge in [-0.1, -0.05) is 5.16 Å². The van der Waals surface area contributed by atoms with Crippen molar-refractivity contribution < 1.29 is 18.8 Å². The Kier molecular flexibility index (Phi) is 5.94. The van der Waals surface area contributed by atoms with Crippen LogP contribution in [-0.4, -0.2) is 42.2 Å². The summed E-state index contributed by atoms with van der Waals surface area (Å²) in [6.07, 6.45) is 0.548. The van der Waals surface area contributed by atoms with Crippen LogP contribution in [0.3, 0.4) is 0 Å². The van der Waals surface area contributed by atoms with Crippen LogP contribution >= 0.6 is 0 Å². The Hall–Kier alpha value is -1.96. The molecule has 106 valence electrons. The molecule has 0 spiro atoms. The van der Waals surface area contributed by atoms with Crippen LogP contribution in [0.5, 0.6) is 0 Å². The maximum Gasteiger partial charge on any atom is 0.248 e. The Morgan fingerprint density at radius 2 is 2.21 bits per heavy atom. The summed E-state index contributed by atoms with van der Waals surface area (Å²) >= 11 is 0. The van der Waals surface area contributed by atoms with Crippen molar-refractivity contribution in [1.82, 2.24) is 20.8 Å². The lowest BCUT2D eigenvalue weighted by atomic mass is 10.3. The summed E-state index contributed by atoms with van der Waals surface area (Å²) in [7, 11) is 1.59. The van der Waals surface area contributed by atoms with Crippen molar-refractivity contribution in [2.75, 3.05) is 20.3 Å². The van der Waals surface area contributed by atoms with Gasteiger partial charge in [0, 0.05) is 20.5 Å². The van der Waals surface area contributed by atoms with E-state index in [2.05, 4.69) is 20.8 Å². The van der Waals surface area contributed by atoms with Gasteiger partial charge in [-0.2, -0.15) is 4.98 Å². The van der Waals surface area contributed by atoms with E-state index in [1.54, 1.807) is 14.0 Å². The summed E-state index contributed by atoms with van der Waals surface area (Å²) in [6, 6.07) is -0.412. The van der Waals surface area contributed by atoms with Crippen molar-refractivity contribution in [3.63, 3.8) is 0 Å². The van der Waals surface area contributed by atoms with Gasteiger partial charge >= 0.3 is 0 Å².